The van der Waals surface area contributed by atoms with Crippen LogP contribution in [0.5, 0.6) is 0 Å². The van der Waals surface area contributed by atoms with Crippen LogP contribution in [-0.4, -0.2) is 34.3 Å². The van der Waals surface area contributed by atoms with Crippen LogP contribution >= 0.6 is 0 Å². The van der Waals surface area contributed by atoms with Crippen molar-refractivity contribution in [2.24, 2.45) is 11.3 Å². The second-order valence-corrected chi connectivity index (χ2v) is 7.75. The van der Waals surface area contributed by atoms with E-state index >= 15 is 0 Å². The minimum atomic E-state index is -0.664. The lowest BCUT2D eigenvalue weighted by atomic mass is 9.82. The molecule has 0 aromatic rings. The fraction of sp³-hybridized carbons (Fsp3) is 0.875. The van der Waals surface area contributed by atoms with Crippen LogP contribution in [0.2, 0.25) is 0 Å². The topological polar surface area (TPSA) is 49.4 Å². The summed E-state index contributed by atoms with van der Waals surface area (Å²) in [6.07, 6.45) is 5.42. The first-order valence-electron chi connectivity index (χ1n) is 7.92. The van der Waals surface area contributed by atoms with Crippen molar-refractivity contribution in [3.63, 3.8) is 0 Å². The number of hydrogen-bond acceptors (Lipinski definition) is 2. The predicted octanol–water partition coefficient (Wildman–Crippen LogP) is 2.08. The molecule has 0 aromatic heterocycles. The number of amides is 2. The first kappa shape index (κ1) is 13.9. The van der Waals surface area contributed by atoms with Gasteiger partial charge in [0.15, 0.2) is 0 Å². The second-order valence-electron chi connectivity index (χ2n) is 7.75. The molecule has 3 atom stereocenters. The number of carbonyl (C=O) groups is 2. The fourth-order valence-electron chi connectivity index (χ4n) is 4.16. The number of piperazine rings is 1. The number of nitrogens with one attached hydrogen (secondary N) is 1. The van der Waals surface area contributed by atoms with Crippen LogP contribution in [0, 0.1) is 11.3 Å². The zero-order chi connectivity index (χ0) is 14.7. The SMILES string of the molecule is CC1C(=O)NC(C)(C2CC2)C(=O)N1C1CCCC1(C)C. The molecule has 20 heavy (non-hydrogen) atoms. The molecule has 2 amide bonds. The van der Waals surface area contributed by atoms with Gasteiger partial charge >= 0.3 is 0 Å². The zero-order valence-electron chi connectivity index (χ0n) is 13.0. The minimum Gasteiger partial charge on any atom is -0.340 e. The largest absolute Gasteiger partial charge is 0.340 e. The van der Waals surface area contributed by atoms with Gasteiger partial charge in [0.2, 0.25) is 11.8 Å². The van der Waals surface area contributed by atoms with E-state index in [-0.39, 0.29) is 29.3 Å². The average molecular weight is 278 g/mol. The van der Waals surface area contributed by atoms with Crippen molar-refractivity contribution in [2.75, 3.05) is 0 Å². The molecule has 1 heterocycles. The molecule has 112 valence electrons. The first-order chi connectivity index (χ1) is 9.27. The Hall–Kier alpha value is -1.06. The van der Waals surface area contributed by atoms with E-state index in [0.717, 1.165) is 32.1 Å². The molecule has 1 aliphatic heterocycles. The first-order valence-corrected chi connectivity index (χ1v) is 7.92. The van der Waals surface area contributed by atoms with Crippen LogP contribution in [0.3, 0.4) is 0 Å². The van der Waals surface area contributed by atoms with Crippen molar-refractivity contribution in [3.05, 3.63) is 0 Å². The molecule has 0 spiro atoms. The fourth-order valence-corrected chi connectivity index (χ4v) is 4.16. The van der Waals surface area contributed by atoms with Gasteiger partial charge in [-0.2, -0.15) is 0 Å². The molecular weight excluding hydrogens is 252 g/mol. The Bertz CT molecular complexity index is 455. The number of carbonyl (C=O) groups excluding carboxylic acids is 2. The van der Waals surface area contributed by atoms with Crippen molar-refractivity contribution in [3.8, 4) is 0 Å². The van der Waals surface area contributed by atoms with Gasteiger partial charge in [-0.25, -0.2) is 0 Å². The normalized spacial score (nSPS) is 40.9. The molecule has 2 aliphatic carbocycles. The highest BCUT2D eigenvalue weighted by molar-refractivity contribution is 6.00. The molecule has 1 N–H and O–H groups in total. The summed E-state index contributed by atoms with van der Waals surface area (Å²) in [5.41, 5.74) is -0.547. The second kappa shape index (κ2) is 4.22. The monoisotopic (exact) mass is 278 g/mol. The van der Waals surface area contributed by atoms with E-state index in [1.165, 1.54) is 0 Å². The maximum Gasteiger partial charge on any atom is 0.249 e. The van der Waals surface area contributed by atoms with Gasteiger partial charge in [0.05, 0.1) is 0 Å². The van der Waals surface area contributed by atoms with Crippen LogP contribution in [0.25, 0.3) is 0 Å². The summed E-state index contributed by atoms with van der Waals surface area (Å²) in [6, 6.07) is -0.133. The lowest BCUT2D eigenvalue weighted by Gasteiger charge is -2.49. The third kappa shape index (κ3) is 1.87. The standard InChI is InChI=1S/C16H26N2O2/c1-10-13(19)17-16(4,11-7-8-11)14(20)18(10)12-6-5-9-15(12,2)3/h10-12H,5-9H2,1-4H3,(H,17,19). The highest BCUT2D eigenvalue weighted by atomic mass is 16.2. The van der Waals surface area contributed by atoms with Crippen LogP contribution in [0.1, 0.15) is 59.8 Å². The Morgan fingerprint density at radius 2 is 1.80 bits per heavy atom. The van der Waals surface area contributed by atoms with Crippen molar-refractivity contribution in [1.82, 2.24) is 10.2 Å². The van der Waals surface area contributed by atoms with Gasteiger partial charge in [-0.15, -0.1) is 0 Å². The third-order valence-corrected chi connectivity index (χ3v) is 5.79. The molecule has 4 heteroatoms. The Morgan fingerprint density at radius 1 is 1.15 bits per heavy atom. The molecule has 4 nitrogen and oxygen atoms in total. The van der Waals surface area contributed by atoms with Gasteiger partial charge in [0, 0.05) is 6.04 Å². The average Bonchev–Trinajstić information content (AvgIpc) is 3.15. The molecule has 3 rings (SSSR count). The van der Waals surface area contributed by atoms with Gasteiger partial charge in [0.1, 0.15) is 11.6 Å². The van der Waals surface area contributed by atoms with Crippen molar-refractivity contribution >= 4 is 11.8 Å². The van der Waals surface area contributed by atoms with Crippen LogP contribution in [-0.2, 0) is 9.59 Å². The molecule has 0 radical (unpaired) electrons. The molecule has 0 bridgehead atoms. The summed E-state index contributed by atoms with van der Waals surface area (Å²) < 4.78 is 0. The summed E-state index contributed by atoms with van der Waals surface area (Å²) in [7, 11) is 0. The van der Waals surface area contributed by atoms with Gasteiger partial charge < -0.3 is 10.2 Å². The van der Waals surface area contributed by atoms with E-state index in [0.29, 0.717) is 5.92 Å². The summed E-state index contributed by atoms with van der Waals surface area (Å²) in [5, 5.41) is 3.00. The number of rotatable bonds is 2. The lowest BCUT2D eigenvalue weighted by Crippen LogP contribution is -2.72. The van der Waals surface area contributed by atoms with Gasteiger partial charge in [-0.05, 0) is 50.9 Å². The van der Waals surface area contributed by atoms with Gasteiger partial charge in [-0.3, -0.25) is 9.59 Å². The molecule has 3 aliphatic rings. The van der Waals surface area contributed by atoms with Crippen molar-refractivity contribution in [1.29, 1.82) is 0 Å². The van der Waals surface area contributed by atoms with Gasteiger partial charge in [-0.1, -0.05) is 20.3 Å². The Balaban J connectivity index is 1.95. The molecular formula is C16H26N2O2. The van der Waals surface area contributed by atoms with Crippen LogP contribution in [0.15, 0.2) is 0 Å². The summed E-state index contributed by atoms with van der Waals surface area (Å²) in [6.45, 7) is 8.25. The molecule has 3 fully saturated rings. The lowest BCUT2D eigenvalue weighted by molar-refractivity contribution is -0.159. The molecule has 2 saturated carbocycles. The van der Waals surface area contributed by atoms with Crippen molar-refractivity contribution in [2.45, 2.75) is 77.4 Å². The van der Waals surface area contributed by atoms with Gasteiger partial charge in [0.25, 0.3) is 0 Å². The quantitative estimate of drug-likeness (QED) is 0.840. The Kier molecular flexibility index (Phi) is 2.93. The summed E-state index contributed by atoms with van der Waals surface area (Å²) in [4.78, 5) is 27.4. The third-order valence-electron chi connectivity index (χ3n) is 5.79. The minimum absolute atomic E-state index is 0.0155. The van der Waals surface area contributed by atoms with E-state index < -0.39 is 5.54 Å². The van der Waals surface area contributed by atoms with E-state index in [9.17, 15) is 9.59 Å². The number of hydrogen-bond donors (Lipinski definition) is 1. The predicted molar refractivity (Wildman–Crippen MR) is 77.0 cm³/mol. The summed E-state index contributed by atoms with van der Waals surface area (Å²) >= 11 is 0. The maximum atomic E-state index is 13.1. The Morgan fingerprint density at radius 3 is 2.30 bits per heavy atom. The van der Waals surface area contributed by atoms with Crippen molar-refractivity contribution < 1.29 is 9.59 Å². The highest BCUT2D eigenvalue weighted by Gasteiger charge is 2.57. The summed E-state index contributed by atoms with van der Waals surface area (Å²) in [5.74, 6) is 0.493. The van der Waals surface area contributed by atoms with Crippen LogP contribution in [0.4, 0.5) is 0 Å². The highest BCUT2D eigenvalue weighted by Crippen LogP contribution is 2.46. The van der Waals surface area contributed by atoms with E-state index in [1.807, 2.05) is 18.7 Å². The maximum absolute atomic E-state index is 13.1. The molecule has 1 saturated heterocycles. The number of nitrogens with zero attached hydrogens (tertiary/aromatic N) is 1. The van der Waals surface area contributed by atoms with E-state index in [1.54, 1.807) is 0 Å². The van der Waals surface area contributed by atoms with E-state index in [4.69, 9.17) is 0 Å². The Labute approximate surface area is 121 Å². The van der Waals surface area contributed by atoms with Crippen LogP contribution < -0.4 is 5.32 Å². The van der Waals surface area contributed by atoms with E-state index in [2.05, 4.69) is 19.2 Å². The molecule has 0 aromatic carbocycles. The smallest absolute Gasteiger partial charge is 0.249 e. The zero-order valence-corrected chi connectivity index (χ0v) is 13.0. The molecule has 3 unspecified atom stereocenters.